The molecule has 0 aliphatic heterocycles. The van der Waals surface area contributed by atoms with Crippen molar-refractivity contribution in [2.75, 3.05) is 20.6 Å². The van der Waals surface area contributed by atoms with Gasteiger partial charge in [-0.2, -0.15) is 0 Å². The quantitative estimate of drug-likeness (QED) is 0.857. The summed E-state index contributed by atoms with van der Waals surface area (Å²) in [5, 5.41) is 17.2. The molecule has 1 heterocycles. The molecule has 0 atom stereocenters. The van der Waals surface area contributed by atoms with Gasteiger partial charge in [0.2, 0.25) is 0 Å². The Kier molecular flexibility index (Phi) is 3.57. The molecule has 0 spiro atoms. The van der Waals surface area contributed by atoms with Gasteiger partial charge in [-0.3, -0.25) is 0 Å². The standard InChI is InChI=1S/C12H16N4O2/c1-15(2)7-4-8-16-11-9(12(17)18)5-3-6-10(11)13-14-16/h3,5-6H,4,7-8H2,1-2H3,(H,17,18). The van der Waals surface area contributed by atoms with Crippen LogP contribution in [0.25, 0.3) is 11.0 Å². The van der Waals surface area contributed by atoms with Gasteiger partial charge in [0.25, 0.3) is 0 Å². The van der Waals surface area contributed by atoms with Gasteiger partial charge in [0.15, 0.2) is 0 Å². The summed E-state index contributed by atoms with van der Waals surface area (Å²) in [7, 11) is 4.00. The van der Waals surface area contributed by atoms with Crippen molar-refractivity contribution < 1.29 is 9.90 Å². The Morgan fingerprint density at radius 1 is 1.44 bits per heavy atom. The van der Waals surface area contributed by atoms with Crippen molar-refractivity contribution in [1.29, 1.82) is 0 Å². The van der Waals surface area contributed by atoms with Gasteiger partial charge < -0.3 is 10.0 Å². The summed E-state index contributed by atoms with van der Waals surface area (Å²) < 4.78 is 1.67. The van der Waals surface area contributed by atoms with Gasteiger partial charge in [-0.1, -0.05) is 11.3 Å². The van der Waals surface area contributed by atoms with E-state index in [0.29, 0.717) is 17.6 Å². The highest BCUT2D eigenvalue weighted by Crippen LogP contribution is 2.16. The number of carboxylic acid groups (broad SMARTS) is 1. The van der Waals surface area contributed by atoms with Crippen LogP contribution in [0, 0.1) is 0 Å². The summed E-state index contributed by atoms with van der Waals surface area (Å²) in [5.41, 5.74) is 1.48. The Morgan fingerprint density at radius 2 is 2.22 bits per heavy atom. The molecule has 0 aliphatic rings. The lowest BCUT2D eigenvalue weighted by Crippen LogP contribution is -2.15. The van der Waals surface area contributed by atoms with Crippen LogP contribution in [0.5, 0.6) is 0 Å². The fraction of sp³-hybridized carbons (Fsp3) is 0.417. The zero-order valence-corrected chi connectivity index (χ0v) is 10.5. The molecule has 1 aromatic carbocycles. The fourth-order valence-corrected chi connectivity index (χ4v) is 1.90. The molecule has 18 heavy (non-hydrogen) atoms. The number of benzene rings is 1. The highest BCUT2D eigenvalue weighted by atomic mass is 16.4. The molecule has 0 bridgehead atoms. The molecule has 0 saturated heterocycles. The van der Waals surface area contributed by atoms with E-state index in [2.05, 4.69) is 15.2 Å². The highest BCUT2D eigenvalue weighted by Gasteiger charge is 2.14. The first-order valence-corrected chi connectivity index (χ1v) is 5.80. The van der Waals surface area contributed by atoms with Crippen molar-refractivity contribution in [2.45, 2.75) is 13.0 Å². The number of hydrogen-bond acceptors (Lipinski definition) is 4. The zero-order valence-electron chi connectivity index (χ0n) is 10.5. The third-order valence-electron chi connectivity index (χ3n) is 2.74. The number of fused-ring (bicyclic) bond motifs is 1. The number of rotatable bonds is 5. The first kappa shape index (κ1) is 12.5. The maximum Gasteiger partial charge on any atom is 0.337 e. The third-order valence-corrected chi connectivity index (χ3v) is 2.74. The molecule has 1 aromatic heterocycles. The van der Waals surface area contributed by atoms with Gasteiger partial charge >= 0.3 is 5.97 Å². The van der Waals surface area contributed by atoms with Crippen LogP contribution in [0.15, 0.2) is 18.2 Å². The Morgan fingerprint density at radius 3 is 2.89 bits per heavy atom. The van der Waals surface area contributed by atoms with Gasteiger partial charge in [-0.05, 0) is 39.2 Å². The number of nitrogens with zero attached hydrogens (tertiary/aromatic N) is 4. The van der Waals surface area contributed by atoms with Gasteiger partial charge in [0, 0.05) is 6.54 Å². The molecule has 1 N–H and O–H groups in total. The Balaban J connectivity index is 2.30. The van der Waals surface area contributed by atoms with E-state index in [1.165, 1.54) is 0 Å². The first-order chi connectivity index (χ1) is 8.59. The predicted molar refractivity (Wildman–Crippen MR) is 67.7 cm³/mol. The number of para-hydroxylation sites is 1. The second-order valence-corrected chi connectivity index (χ2v) is 4.45. The van der Waals surface area contributed by atoms with Crippen LogP contribution in [0.2, 0.25) is 0 Å². The van der Waals surface area contributed by atoms with Crippen LogP contribution in [0.3, 0.4) is 0 Å². The lowest BCUT2D eigenvalue weighted by atomic mass is 10.2. The number of aromatic carboxylic acids is 1. The predicted octanol–water partition coefficient (Wildman–Crippen LogP) is 1.08. The molecule has 0 saturated carbocycles. The van der Waals surface area contributed by atoms with E-state index in [4.69, 9.17) is 5.11 Å². The molecule has 0 unspecified atom stereocenters. The van der Waals surface area contributed by atoms with Gasteiger partial charge in [-0.25, -0.2) is 9.48 Å². The molecule has 6 nitrogen and oxygen atoms in total. The van der Waals surface area contributed by atoms with E-state index >= 15 is 0 Å². The van der Waals surface area contributed by atoms with E-state index in [1.807, 2.05) is 14.1 Å². The van der Waals surface area contributed by atoms with E-state index in [1.54, 1.807) is 22.9 Å². The molecule has 0 radical (unpaired) electrons. The smallest absolute Gasteiger partial charge is 0.337 e. The number of carbonyl (C=O) groups is 1. The molecule has 0 amide bonds. The molecular formula is C12H16N4O2. The molecular weight excluding hydrogens is 232 g/mol. The van der Waals surface area contributed by atoms with Gasteiger partial charge in [-0.15, -0.1) is 5.10 Å². The van der Waals surface area contributed by atoms with Crippen molar-refractivity contribution in [3.63, 3.8) is 0 Å². The van der Waals surface area contributed by atoms with Crippen molar-refractivity contribution in [2.24, 2.45) is 0 Å². The minimum absolute atomic E-state index is 0.252. The van der Waals surface area contributed by atoms with Crippen LogP contribution in [-0.2, 0) is 6.54 Å². The second-order valence-electron chi connectivity index (χ2n) is 4.45. The van der Waals surface area contributed by atoms with Crippen molar-refractivity contribution in [3.05, 3.63) is 23.8 Å². The van der Waals surface area contributed by atoms with E-state index < -0.39 is 5.97 Å². The molecule has 6 heteroatoms. The number of aromatic nitrogens is 3. The normalized spacial score (nSPS) is 11.3. The lowest BCUT2D eigenvalue weighted by molar-refractivity contribution is 0.0698. The second kappa shape index (κ2) is 5.14. The number of aryl methyl sites for hydroxylation is 1. The minimum Gasteiger partial charge on any atom is -0.478 e. The summed E-state index contributed by atoms with van der Waals surface area (Å²) in [6.07, 6.45) is 0.902. The molecule has 2 rings (SSSR count). The average Bonchev–Trinajstić information content (AvgIpc) is 2.72. The van der Waals surface area contributed by atoms with Crippen molar-refractivity contribution >= 4 is 17.0 Å². The Labute approximate surface area is 105 Å². The van der Waals surface area contributed by atoms with Crippen molar-refractivity contribution in [1.82, 2.24) is 19.9 Å². The maximum absolute atomic E-state index is 11.2. The summed E-state index contributed by atoms with van der Waals surface area (Å²) in [5.74, 6) is -0.947. The summed E-state index contributed by atoms with van der Waals surface area (Å²) in [6.45, 7) is 1.59. The van der Waals surface area contributed by atoms with E-state index in [0.717, 1.165) is 13.0 Å². The fourth-order valence-electron chi connectivity index (χ4n) is 1.90. The third kappa shape index (κ3) is 2.48. The summed E-state index contributed by atoms with van der Waals surface area (Å²) in [4.78, 5) is 13.3. The molecule has 0 aliphatic carbocycles. The Hall–Kier alpha value is -1.95. The largest absolute Gasteiger partial charge is 0.478 e. The summed E-state index contributed by atoms with van der Waals surface area (Å²) >= 11 is 0. The topological polar surface area (TPSA) is 71.2 Å². The van der Waals surface area contributed by atoms with E-state index in [-0.39, 0.29) is 5.56 Å². The van der Waals surface area contributed by atoms with Crippen molar-refractivity contribution in [3.8, 4) is 0 Å². The van der Waals surface area contributed by atoms with Gasteiger partial charge in [0.05, 0.1) is 5.56 Å². The molecule has 96 valence electrons. The highest BCUT2D eigenvalue weighted by molar-refractivity contribution is 6.00. The summed E-state index contributed by atoms with van der Waals surface area (Å²) in [6, 6.07) is 5.04. The lowest BCUT2D eigenvalue weighted by Gasteiger charge is -2.09. The SMILES string of the molecule is CN(C)CCCn1nnc2cccc(C(=O)O)c21. The molecule has 2 aromatic rings. The van der Waals surface area contributed by atoms with E-state index in [9.17, 15) is 4.79 Å². The van der Waals surface area contributed by atoms with Crippen LogP contribution in [0.1, 0.15) is 16.8 Å². The number of hydrogen-bond donors (Lipinski definition) is 1. The Bertz CT molecular complexity index is 562. The maximum atomic E-state index is 11.2. The first-order valence-electron chi connectivity index (χ1n) is 5.80. The van der Waals surface area contributed by atoms with Crippen LogP contribution < -0.4 is 0 Å². The van der Waals surface area contributed by atoms with Crippen LogP contribution in [-0.4, -0.2) is 51.6 Å². The average molecular weight is 248 g/mol. The minimum atomic E-state index is -0.947. The van der Waals surface area contributed by atoms with Gasteiger partial charge in [0.1, 0.15) is 11.0 Å². The monoisotopic (exact) mass is 248 g/mol. The number of carboxylic acids is 1. The van der Waals surface area contributed by atoms with Crippen LogP contribution in [0.4, 0.5) is 0 Å². The van der Waals surface area contributed by atoms with Crippen LogP contribution >= 0.6 is 0 Å². The molecule has 0 fully saturated rings. The zero-order chi connectivity index (χ0) is 13.1.